The van der Waals surface area contributed by atoms with Gasteiger partial charge in [0.15, 0.2) is 0 Å². The third-order valence-corrected chi connectivity index (χ3v) is 3.65. The number of fused-ring (bicyclic) bond motifs is 1. The van der Waals surface area contributed by atoms with Crippen LogP contribution < -0.4 is 10.6 Å². The van der Waals surface area contributed by atoms with Gasteiger partial charge in [0.25, 0.3) is 0 Å². The maximum absolute atomic E-state index is 10.5. The van der Waals surface area contributed by atoms with Crippen LogP contribution in [0, 0.1) is 0 Å². The molecule has 0 saturated heterocycles. The number of hydrogen-bond donors (Lipinski definition) is 2. The fraction of sp³-hybridized carbons (Fsp3) is 0.125. The summed E-state index contributed by atoms with van der Waals surface area (Å²) >= 11 is 6.10. The first-order valence-corrected chi connectivity index (χ1v) is 7.06. The molecule has 0 bridgehead atoms. The van der Waals surface area contributed by atoms with Gasteiger partial charge in [-0.15, -0.1) is 0 Å². The molecule has 2 aromatic carbocycles. The number of aliphatic imine (C=N–C) groups is 1. The van der Waals surface area contributed by atoms with E-state index < -0.39 is 0 Å². The highest BCUT2D eigenvalue weighted by Crippen LogP contribution is 2.19. The molecule has 0 unspecified atom stereocenters. The number of hydroxylamine groups is 2. The molecule has 3 rings (SSSR count). The van der Waals surface area contributed by atoms with Gasteiger partial charge in [-0.2, -0.15) is 0 Å². The zero-order valence-electron chi connectivity index (χ0n) is 11.9. The van der Waals surface area contributed by atoms with E-state index in [0.29, 0.717) is 27.1 Å². The second-order valence-corrected chi connectivity index (χ2v) is 5.30. The minimum atomic E-state index is 0.161. The van der Waals surface area contributed by atoms with Crippen LogP contribution in [0.4, 0.5) is 0 Å². The van der Waals surface area contributed by atoms with Crippen LogP contribution >= 0.6 is 11.6 Å². The van der Waals surface area contributed by atoms with Crippen molar-refractivity contribution in [2.24, 2.45) is 9.98 Å². The second kappa shape index (κ2) is 5.79. The lowest BCUT2D eigenvalue weighted by Crippen LogP contribution is -2.31. The Morgan fingerprint density at radius 1 is 1.18 bits per heavy atom. The molecule has 22 heavy (non-hydrogen) atoms. The molecule has 0 amide bonds. The van der Waals surface area contributed by atoms with Crippen LogP contribution in [-0.4, -0.2) is 34.8 Å². The Morgan fingerprint density at radius 2 is 1.91 bits per heavy atom. The van der Waals surface area contributed by atoms with Gasteiger partial charge in [0, 0.05) is 22.9 Å². The van der Waals surface area contributed by atoms with Crippen LogP contribution in [0.2, 0.25) is 5.02 Å². The fourth-order valence-electron chi connectivity index (χ4n) is 2.37. The Bertz CT molecular complexity index is 860. The normalized spacial score (nSPS) is 16.2. The number of aromatic hydroxyl groups is 1. The minimum absolute atomic E-state index is 0.161. The van der Waals surface area contributed by atoms with Crippen LogP contribution in [0.1, 0.15) is 5.56 Å². The first kappa shape index (κ1) is 14.6. The predicted octanol–water partition coefficient (Wildman–Crippen LogP) is 1.55. The summed E-state index contributed by atoms with van der Waals surface area (Å²) in [6.45, 7) is 0.166. The highest BCUT2D eigenvalue weighted by atomic mass is 35.5. The molecule has 2 aromatic rings. The first-order chi connectivity index (χ1) is 10.6. The van der Waals surface area contributed by atoms with Crippen LogP contribution in [0.3, 0.4) is 0 Å². The number of amidine groups is 1. The van der Waals surface area contributed by atoms with E-state index in [1.165, 1.54) is 0 Å². The molecule has 0 radical (unpaired) electrons. The standard InChI is InChI=1S/C16H14ClN3O2/c1-18-15-9-20(22)16(10-2-5-12(21)6-3-10)13-8-11(17)4-7-14(13)19-15/h2-8,21-22H,9H2,1H3. The van der Waals surface area contributed by atoms with Crippen molar-refractivity contribution >= 4 is 23.1 Å². The van der Waals surface area contributed by atoms with Crippen molar-refractivity contribution < 1.29 is 10.3 Å². The highest BCUT2D eigenvalue weighted by molar-refractivity contribution is 6.30. The molecule has 0 atom stereocenters. The molecule has 1 heterocycles. The highest BCUT2D eigenvalue weighted by Gasteiger charge is 2.17. The molecule has 5 nitrogen and oxygen atoms in total. The number of hydrogen-bond acceptors (Lipinski definition) is 4. The summed E-state index contributed by atoms with van der Waals surface area (Å²) < 4.78 is 0. The molecular formula is C16H14ClN3O2. The summed E-state index contributed by atoms with van der Waals surface area (Å²) in [6, 6.07) is 11.9. The van der Waals surface area contributed by atoms with E-state index in [0.717, 1.165) is 10.6 Å². The van der Waals surface area contributed by atoms with Crippen LogP contribution in [-0.2, 0) is 0 Å². The van der Waals surface area contributed by atoms with Crippen molar-refractivity contribution in [2.75, 3.05) is 13.6 Å². The van der Waals surface area contributed by atoms with E-state index in [9.17, 15) is 10.3 Å². The third kappa shape index (κ3) is 2.68. The number of nitrogens with zero attached hydrogens (tertiary/aromatic N) is 3. The summed E-state index contributed by atoms with van der Waals surface area (Å²) in [6.07, 6.45) is 0. The monoisotopic (exact) mass is 315 g/mol. The van der Waals surface area contributed by atoms with Crippen molar-refractivity contribution in [3.05, 3.63) is 63.6 Å². The molecule has 0 aliphatic carbocycles. The van der Waals surface area contributed by atoms with Gasteiger partial charge in [0.05, 0.1) is 11.1 Å². The minimum Gasteiger partial charge on any atom is -0.508 e. The van der Waals surface area contributed by atoms with E-state index in [1.807, 2.05) is 0 Å². The van der Waals surface area contributed by atoms with Gasteiger partial charge in [-0.3, -0.25) is 10.2 Å². The Morgan fingerprint density at radius 3 is 2.59 bits per heavy atom. The van der Waals surface area contributed by atoms with E-state index in [-0.39, 0.29) is 12.3 Å². The van der Waals surface area contributed by atoms with Gasteiger partial charge >= 0.3 is 0 Å². The lowest BCUT2D eigenvalue weighted by Gasteiger charge is -2.19. The summed E-state index contributed by atoms with van der Waals surface area (Å²) in [4.78, 5) is 8.55. The van der Waals surface area contributed by atoms with Gasteiger partial charge in [0.2, 0.25) is 0 Å². The molecule has 1 aliphatic rings. The summed E-state index contributed by atoms with van der Waals surface area (Å²) in [5.74, 6) is 0.675. The molecule has 0 saturated carbocycles. The van der Waals surface area contributed by atoms with Crippen LogP contribution in [0.5, 0.6) is 5.75 Å². The Labute approximate surface area is 132 Å². The topological polar surface area (TPSA) is 68.4 Å². The Balaban J connectivity index is 2.39. The van der Waals surface area contributed by atoms with E-state index in [1.54, 1.807) is 49.5 Å². The fourth-order valence-corrected chi connectivity index (χ4v) is 2.54. The second-order valence-electron chi connectivity index (χ2n) is 4.87. The van der Waals surface area contributed by atoms with E-state index in [2.05, 4.69) is 9.98 Å². The quantitative estimate of drug-likeness (QED) is 0.839. The molecular weight excluding hydrogens is 302 g/mol. The Hall–Kier alpha value is -2.37. The molecule has 0 spiro atoms. The van der Waals surface area contributed by atoms with Crippen LogP contribution in [0.25, 0.3) is 5.70 Å². The summed E-state index contributed by atoms with van der Waals surface area (Å²) in [5, 5.41) is 23.0. The van der Waals surface area contributed by atoms with Crippen molar-refractivity contribution in [3.63, 3.8) is 0 Å². The number of benzene rings is 2. The zero-order valence-corrected chi connectivity index (χ0v) is 12.6. The Kier molecular flexibility index (Phi) is 3.83. The smallest absolute Gasteiger partial charge is 0.145 e. The molecule has 0 aromatic heterocycles. The van der Waals surface area contributed by atoms with E-state index in [4.69, 9.17) is 11.6 Å². The zero-order chi connectivity index (χ0) is 15.7. The molecule has 112 valence electrons. The first-order valence-electron chi connectivity index (χ1n) is 6.68. The van der Waals surface area contributed by atoms with Crippen LogP contribution in [0.15, 0.2) is 52.4 Å². The summed E-state index contributed by atoms with van der Waals surface area (Å²) in [7, 11) is 1.63. The molecule has 1 aliphatic heterocycles. The van der Waals surface area contributed by atoms with Gasteiger partial charge in [-0.1, -0.05) is 11.6 Å². The average Bonchev–Trinajstić information content (AvgIpc) is 2.64. The van der Waals surface area contributed by atoms with Gasteiger partial charge in [-0.05, 0) is 42.5 Å². The molecule has 6 heteroatoms. The number of phenolic OH excluding ortho intramolecular Hbond substituents is 1. The van der Waals surface area contributed by atoms with Crippen molar-refractivity contribution in [2.45, 2.75) is 0 Å². The van der Waals surface area contributed by atoms with Crippen molar-refractivity contribution in [1.29, 1.82) is 0 Å². The number of rotatable bonds is 1. The van der Waals surface area contributed by atoms with Gasteiger partial charge < -0.3 is 5.11 Å². The molecule has 0 fully saturated rings. The average molecular weight is 316 g/mol. The largest absolute Gasteiger partial charge is 0.508 e. The maximum Gasteiger partial charge on any atom is 0.145 e. The maximum atomic E-state index is 10.5. The summed E-state index contributed by atoms with van der Waals surface area (Å²) in [5.41, 5.74) is 1.32. The lowest BCUT2D eigenvalue weighted by atomic mass is 10.1. The number of phenols is 1. The SMILES string of the molecule is CN=C1CN(O)C(c2ccc(O)cc2)=c2cc(Cl)ccc2=N1. The van der Waals surface area contributed by atoms with E-state index >= 15 is 0 Å². The van der Waals surface area contributed by atoms with Crippen molar-refractivity contribution in [3.8, 4) is 5.75 Å². The predicted molar refractivity (Wildman–Crippen MR) is 84.7 cm³/mol. The number of halogens is 1. The molecule has 2 N–H and O–H groups in total. The third-order valence-electron chi connectivity index (χ3n) is 3.41. The lowest BCUT2D eigenvalue weighted by molar-refractivity contribution is -0.0119. The van der Waals surface area contributed by atoms with Crippen molar-refractivity contribution in [1.82, 2.24) is 5.06 Å². The van der Waals surface area contributed by atoms with Gasteiger partial charge in [0.1, 0.15) is 18.1 Å². The van der Waals surface area contributed by atoms with Gasteiger partial charge in [-0.25, -0.2) is 10.1 Å².